The van der Waals surface area contributed by atoms with Gasteiger partial charge in [0.25, 0.3) is 0 Å². The molecule has 1 saturated heterocycles. The molecule has 1 aliphatic heterocycles. The van der Waals surface area contributed by atoms with Crippen LogP contribution in [0.25, 0.3) is 0 Å². The zero-order valence-corrected chi connectivity index (χ0v) is 9.49. The second-order valence-electron chi connectivity index (χ2n) is 5.42. The number of hydrogen-bond acceptors (Lipinski definition) is 1. The van der Waals surface area contributed by atoms with Crippen LogP contribution in [0.3, 0.4) is 0 Å². The lowest BCUT2D eigenvalue weighted by atomic mass is 9.58. The fraction of sp³-hybridized carbons (Fsp3) is 0.571. The van der Waals surface area contributed by atoms with Crippen LogP contribution < -0.4 is 0 Å². The van der Waals surface area contributed by atoms with Crippen molar-refractivity contribution in [2.75, 3.05) is 6.61 Å². The molecule has 15 heavy (non-hydrogen) atoms. The summed E-state index contributed by atoms with van der Waals surface area (Å²) in [6, 6.07) is 8.80. The van der Waals surface area contributed by atoms with Gasteiger partial charge in [-0.25, -0.2) is 0 Å². The minimum absolute atomic E-state index is 0.419. The van der Waals surface area contributed by atoms with E-state index in [1.807, 2.05) is 0 Å². The first kappa shape index (κ1) is 9.41. The highest BCUT2D eigenvalue weighted by atomic mass is 16.6. The van der Waals surface area contributed by atoms with Gasteiger partial charge in [0, 0.05) is 0 Å². The highest BCUT2D eigenvalue weighted by Gasteiger charge is 2.49. The van der Waals surface area contributed by atoms with Crippen LogP contribution in [0.5, 0.6) is 0 Å². The highest BCUT2D eigenvalue weighted by Crippen LogP contribution is 2.52. The molecule has 2 fully saturated rings. The summed E-state index contributed by atoms with van der Waals surface area (Å²) in [7, 11) is 0. The van der Waals surface area contributed by atoms with Gasteiger partial charge in [-0.2, -0.15) is 0 Å². The first-order valence-electron chi connectivity index (χ1n) is 5.87. The fourth-order valence-electron chi connectivity index (χ4n) is 3.16. The van der Waals surface area contributed by atoms with E-state index in [1.54, 1.807) is 5.56 Å². The van der Waals surface area contributed by atoms with E-state index >= 15 is 0 Å². The predicted molar refractivity (Wildman–Crippen MR) is 61.0 cm³/mol. The summed E-state index contributed by atoms with van der Waals surface area (Å²) >= 11 is 0. The van der Waals surface area contributed by atoms with Crippen LogP contribution in [0.15, 0.2) is 24.3 Å². The number of rotatable bonds is 2. The van der Waals surface area contributed by atoms with Crippen molar-refractivity contribution in [1.29, 1.82) is 0 Å². The molecule has 1 heteroatoms. The Balaban J connectivity index is 1.80. The second-order valence-corrected chi connectivity index (χ2v) is 5.42. The number of benzene rings is 1. The van der Waals surface area contributed by atoms with Crippen molar-refractivity contribution in [3.05, 3.63) is 35.4 Å². The third-order valence-corrected chi connectivity index (χ3v) is 4.11. The maximum absolute atomic E-state index is 5.37. The number of aryl methyl sites for hydroxylation is 1. The number of ether oxygens (including phenoxy) is 1. The smallest absolute Gasteiger partial charge is 0.0838 e. The largest absolute Gasteiger partial charge is 0.373 e. The van der Waals surface area contributed by atoms with E-state index in [1.165, 1.54) is 18.4 Å². The lowest BCUT2D eigenvalue weighted by Gasteiger charge is -2.46. The van der Waals surface area contributed by atoms with Crippen LogP contribution >= 0.6 is 0 Å². The highest BCUT2D eigenvalue weighted by molar-refractivity contribution is 5.35. The normalized spacial score (nSPS) is 38.5. The molecule has 0 aromatic heterocycles. The summed E-state index contributed by atoms with van der Waals surface area (Å²) in [6.45, 7) is 5.63. The molecular weight excluding hydrogens is 184 g/mol. The molecule has 1 aromatic rings. The van der Waals surface area contributed by atoms with Gasteiger partial charge in [0.15, 0.2) is 0 Å². The molecule has 1 unspecified atom stereocenters. The molecule has 1 aromatic carbocycles. The van der Waals surface area contributed by atoms with Gasteiger partial charge in [-0.3, -0.25) is 0 Å². The van der Waals surface area contributed by atoms with Crippen LogP contribution in [0.1, 0.15) is 30.9 Å². The molecule has 1 nitrogen and oxygen atoms in total. The molecular formula is C14H18O. The minimum Gasteiger partial charge on any atom is -0.373 e. The maximum Gasteiger partial charge on any atom is 0.0838 e. The van der Waals surface area contributed by atoms with Gasteiger partial charge >= 0.3 is 0 Å². The Morgan fingerprint density at radius 2 is 1.93 bits per heavy atom. The van der Waals surface area contributed by atoms with Crippen molar-refractivity contribution in [1.82, 2.24) is 0 Å². The van der Waals surface area contributed by atoms with Gasteiger partial charge in [-0.15, -0.1) is 0 Å². The molecule has 0 bridgehead atoms. The standard InChI is InChI=1S/C14H18O/c1-10-5-3-4-6-12(10)14(2)7-11(8-14)13-9-15-13/h3-6,11,13H,7-9H2,1-2H3. The van der Waals surface area contributed by atoms with Gasteiger partial charge < -0.3 is 4.74 Å². The molecule has 0 spiro atoms. The molecule has 1 aliphatic carbocycles. The van der Waals surface area contributed by atoms with E-state index < -0.39 is 0 Å². The molecule has 80 valence electrons. The van der Waals surface area contributed by atoms with Crippen molar-refractivity contribution in [3.63, 3.8) is 0 Å². The zero-order valence-electron chi connectivity index (χ0n) is 9.49. The van der Waals surface area contributed by atoms with Crippen molar-refractivity contribution < 1.29 is 4.74 Å². The summed E-state index contributed by atoms with van der Waals surface area (Å²) in [5.41, 5.74) is 3.40. The Bertz CT molecular complexity index is 373. The van der Waals surface area contributed by atoms with Gasteiger partial charge in [0.1, 0.15) is 0 Å². The minimum atomic E-state index is 0.419. The first-order chi connectivity index (χ1) is 7.19. The molecule has 0 N–H and O–H groups in total. The van der Waals surface area contributed by atoms with Gasteiger partial charge in [0.05, 0.1) is 12.7 Å². The quantitative estimate of drug-likeness (QED) is 0.671. The molecule has 0 amide bonds. The van der Waals surface area contributed by atoms with Crippen LogP contribution in [0.4, 0.5) is 0 Å². The molecule has 1 atom stereocenters. The van der Waals surface area contributed by atoms with Crippen LogP contribution in [0.2, 0.25) is 0 Å². The molecule has 0 radical (unpaired) electrons. The van der Waals surface area contributed by atoms with Crippen LogP contribution in [-0.4, -0.2) is 12.7 Å². The second kappa shape index (κ2) is 3.08. The Morgan fingerprint density at radius 3 is 2.53 bits per heavy atom. The first-order valence-corrected chi connectivity index (χ1v) is 5.87. The Morgan fingerprint density at radius 1 is 1.27 bits per heavy atom. The Hall–Kier alpha value is -0.820. The average Bonchev–Trinajstić information content (AvgIpc) is 2.97. The summed E-state index contributed by atoms with van der Waals surface area (Å²) < 4.78 is 5.37. The third kappa shape index (κ3) is 1.50. The van der Waals surface area contributed by atoms with Crippen molar-refractivity contribution >= 4 is 0 Å². The van der Waals surface area contributed by atoms with E-state index in [0.717, 1.165) is 12.5 Å². The van der Waals surface area contributed by atoms with Crippen molar-refractivity contribution in [3.8, 4) is 0 Å². The zero-order chi connectivity index (χ0) is 10.5. The molecule has 2 aliphatic rings. The fourth-order valence-corrected chi connectivity index (χ4v) is 3.16. The molecule has 1 saturated carbocycles. The van der Waals surface area contributed by atoms with E-state index in [9.17, 15) is 0 Å². The topological polar surface area (TPSA) is 12.5 Å². The molecule has 1 heterocycles. The maximum atomic E-state index is 5.37. The van der Waals surface area contributed by atoms with Crippen LogP contribution in [-0.2, 0) is 10.2 Å². The Kier molecular flexibility index (Phi) is 1.93. The van der Waals surface area contributed by atoms with Gasteiger partial charge in [-0.1, -0.05) is 31.2 Å². The SMILES string of the molecule is Cc1ccccc1C1(C)CC(C2CO2)C1. The van der Waals surface area contributed by atoms with E-state index in [4.69, 9.17) is 4.74 Å². The molecule has 3 rings (SSSR count). The predicted octanol–water partition coefficient (Wildman–Crippen LogP) is 3.06. The van der Waals surface area contributed by atoms with E-state index in [2.05, 4.69) is 38.1 Å². The summed E-state index contributed by atoms with van der Waals surface area (Å²) in [4.78, 5) is 0. The lowest BCUT2D eigenvalue weighted by molar-refractivity contribution is 0.124. The summed E-state index contributed by atoms with van der Waals surface area (Å²) in [6.07, 6.45) is 3.22. The van der Waals surface area contributed by atoms with Crippen LogP contribution in [0, 0.1) is 12.8 Å². The number of hydrogen-bond donors (Lipinski definition) is 0. The Labute approximate surface area is 91.5 Å². The number of epoxide rings is 1. The summed E-state index contributed by atoms with van der Waals surface area (Å²) in [5.74, 6) is 0.828. The van der Waals surface area contributed by atoms with E-state index in [-0.39, 0.29) is 0 Å². The average molecular weight is 202 g/mol. The summed E-state index contributed by atoms with van der Waals surface area (Å²) in [5, 5.41) is 0. The lowest BCUT2D eigenvalue weighted by Crippen LogP contribution is -2.41. The van der Waals surface area contributed by atoms with Crippen molar-refractivity contribution in [2.45, 2.75) is 38.2 Å². The van der Waals surface area contributed by atoms with Crippen molar-refractivity contribution in [2.24, 2.45) is 5.92 Å². The van der Waals surface area contributed by atoms with Gasteiger partial charge in [0.2, 0.25) is 0 Å². The van der Waals surface area contributed by atoms with E-state index in [0.29, 0.717) is 11.5 Å². The van der Waals surface area contributed by atoms with Gasteiger partial charge in [-0.05, 0) is 42.2 Å². The third-order valence-electron chi connectivity index (χ3n) is 4.11. The monoisotopic (exact) mass is 202 g/mol.